The van der Waals surface area contributed by atoms with Crippen molar-refractivity contribution in [3.63, 3.8) is 0 Å². The zero-order valence-corrected chi connectivity index (χ0v) is 7.56. The third kappa shape index (κ3) is 2.51. The van der Waals surface area contributed by atoms with Crippen molar-refractivity contribution < 1.29 is 9.53 Å². The lowest BCUT2D eigenvalue weighted by Gasteiger charge is -2.03. The molecule has 0 atom stereocenters. The number of aryl methyl sites for hydroxylation is 1. The van der Waals surface area contributed by atoms with Gasteiger partial charge in [-0.3, -0.25) is 0 Å². The van der Waals surface area contributed by atoms with Gasteiger partial charge in [-0.2, -0.15) is 0 Å². The largest absolute Gasteiger partial charge is 0.449 e. The minimum Gasteiger partial charge on any atom is -0.449 e. The van der Waals surface area contributed by atoms with E-state index in [2.05, 4.69) is 17.4 Å². The summed E-state index contributed by atoms with van der Waals surface area (Å²) >= 11 is 4.26. The molecule has 0 bridgehead atoms. The van der Waals surface area contributed by atoms with Gasteiger partial charge >= 0.3 is 5.30 Å². The van der Waals surface area contributed by atoms with Crippen LogP contribution in [0.1, 0.15) is 11.1 Å². The van der Waals surface area contributed by atoms with E-state index in [1.807, 2.05) is 31.2 Å². The SMILES string of the molecule is Cc1ccccc1COC(=O)[S]. The first-order valence-corrected chi connectivity index (χ1v) is 3.99. The van der Waals surface area contributed by atoms with Gasteiger partial charge < -0.3 is 4.74 Å². The van der Waals surface area contributed by atoms with Gasteiger partial charge in [-0.25, -0.2) is 4.79 Å². The van der Waals surface area contributed by atoms with Crippen molar-refractivity contribution in [2.24, 2.45) is 0 Å². The molecule has 0 fully saturated rings. The topological polar surface area (TPSA) is 26.3 Å². The van der Waals surface area contributed by atoms with Gasteiger partial charge in [0.1, 0.15) is 6.61 Å². The van der Waals surface area contributed by atoms with Crippen molar-refractivity contribution in [1.29, 1.82) is 0 Å². The molecule has 1 aromatic carbocycles. The Morgan fingerprint density at radius 1 is 1.50 bits per heavy atom. The Morgan fingerprint density at radius 2 is 2.17 bits per heavy atom. The van der Waals surface area contributed by atoms with Crippen LogP contribution in [0.3, 0.4) is 0 Å². The van der Waals surface area contributed by atoms with Crippen LogP contribution < -0.4 is 0 Å². The second-order valence-electron chi connectivity index (χ2n) is 2.47. The molecule has 63 valence electrons. The summed E-state index contributed by atoms with van der Waals surface area (Å²) in [6, 6.07) is 7.72. The first-order chi connectivity index (χ1) is 5.70. The van der Waals surface area contributed by atoms with Gasteiger partial charge in [0.15, 0.2) is 0 Å². The predicted molar refractivity (Wildman–Crippen MR) is 49.0 cm³/mol. The van der Waals surface area contributed by atoms with Gasteiger partial charge in [0.05, 0.1) is 0 Å². The van der Waals surface area contributed by atoms with Crippen LogP contribution in [-0.4, -0.2) is 5.30 Å². The highest BCUT2D eigenvalue weighted by Crippen LogP contribution is 2.08. The fraction of sp³-hybridized carbons (Fsp3) is 0.222. The van der Waals surface area contributed by atoms with E-state index in [9.17, 15) is 4.79 Å². The molecular weight excluding hydrogens is 172 g/mol. The van der Waals surface area contributed by atoms with E-state index in [0.717, 1.165) is 11.1 Å². The van der Waals surface area contributed by atoms with Crippen molar-refractivity contribution in [2.75, 3.05) is 0 Å². The summed E-state index contributed by atoms with van der Waals surface area (Å²) in [6.07, 6.45) is 0. The Bertz CT molecular complexity index is 284. The quantitative estimate of drug-likeness (QED) is 0.656. The molecule has 0 aliphatic carbocycles. The first kappa shape index (κ1) is 9.00. The molecule has 0 saturated heterocycles. The predicted octanol–water partition coefficient (Wildman–Crippen LogP) is 2.83. The van der Waals surface area contributed by atoms with Crippen LogP contribution in [0.15, 0.2) is 24.3 Å². The maximum Gasteiger partial charge on any atom is 0.400 e. The van der Waals surface area contributed by atoms with Crippen molar-refractivity contribution >= 4 is 17.9 Å². The normalized spacial score (nSPS) is 9.42. The fourth-order valence-corrected chi connectivity index (χ4v) is 0.968. The molecular formula is C9H9O2S. The summed E-state index contributed by atoms with van der Waals surface area (Å²) in [5.41, 5.74) is 2.10. The maximum atomic E-state index is 10.3. The molecule has 0 saturated carbocycles. The summed E-state index contributed by atoms with van der Waals surface area (Å²) in [7, 11) is 0. The van der Waals surface area contributed by atoms with E-state index in [0.29, 0.717) is 0 Å². The lowest BCUT2D eigenvalue weighted by Crippen LogP contribution is -1.96. The van der Waals surface area contributed by atoms with Gasteiger partial charge in [0.2, 0.25) is 0 Å². The minimum atomic E-state index is -0.654. The molecule has 1 rings (SSSR count). The van der Waals surface area contributed by atoms with Crippen LogP contribution in [0.2, 0.25) is 0 Å². The van der Waals surface area contributed by atoms with Gasteiger partial charge in [-0.05, 0) is 18.1 Å². The van der Waals surface area contributed by atoms with E-state index in [1.54, 1.807) is 0 Å². The molecule has 12 heavy (non-hydrogen) atoms. The van der Waals surface area contributed by atoms with E-state index < -0.39 is 5.30 Å². The highest BCUT2D eigenvalue weighted by Gasteiger charge is 1.99. The summed E-state index contributed by atoms with van der Waals surface area (Å²) in [6.45, 7) is 2.24. The standard InChI is InChI=1S/C9H9O2S/c1-7-4-2-3-5-8(7)6-11-9(10)12/h2-5H,6H2,1H3. The zero-order chi connectivity index (χ0) is 8.97. The Kier molecular flexibility index (Phi) is 3.05. The van der Waals surface area contributed by atoms with Crippen molar-refractivity contribution in [1.82, 2.24) is 0 Å². The van der Waals surface area contributed by atoms with Crippen LogP contribution in [0, 0.1) is 6.92 Å². The summed E-state index contributed by atoms with van der Waals surface area (Å²) < 4.78 is 4.68. The highest BCUT2D eigenvalue weighted by molar-refractivity contribution is 7.96. The number of hydrogen-bond donors (Lipinski definition) is 0. The van der Waals surface area contributed by atoms with Gasteiger partial charge in [-0.15, -0.1) is 0 Å². The van der Waals surface area contributed by atoms with Crippen molar-refractivity contribution in [3.05, 3.63) is 35.4 Å². The lowest BCUT2D eigenvalue weighted by atomic mass is 10.1. The minimum absolute atomic E-state index is 0.273. The van der Waals surface area contributed by atoms with Crippen molar-refractivity contribution in [2.45, 2.75) is 13.5 Å². The molecule has 0 N–H and O–H groups in total. The summed E-state index contributed by atoms with van der Waals surface area (Å²) in [5.74, 6) is 0. The lowest BCUT2D eigenvalue weighted by molar-refractivity contribution is 0.169. The van der Waals surface area contributed by atoms with Crippen LogP contribution in [0.4, 0.5) is 4.79 Å². The number of ether oxygens (including phenoxy) is 1. The summed E-state index contributed by atoms with van der Waals surface area (Å²) in [5, 5.41) is -0.654. The number of benzene rings is 1. The highest BCUT2D eigenvalue weighted by atomic mass is 32.1. The Hall–Kier alpha value is -1.09. The maximum absolute atomic E-state index is 10.3. The van der Waals surface area contributed by atoms with Crippen LogP contribution in [0.25, 0.3) is 0 Å². The molecule has 0 aliphatic rings. The average Bonchev–Trinajstić information content (AvgIpc) is 2.03. The second kappa shape index (κ2) is 4.07. The van der Waals surface area contributed by atoms with Crippen molar-refractivity contribution in [3.8, 4) is 0 Å². The van der Waals surface area contributed by atoms with E-state index in [4.69, 9.17) is 0 Å². The van der Waals surface area contributed by atoms with E-state index in [-0.39, 0.29) is 6.61 Å². The Labute approximate surface area is 77.0 Å². The number of hydrogen-bond acceptors (Lipinski definition) is 2. The van der Waals surface area contributed by atoms with E-state index >= 15 is 0 Å². The van der Waals surface area contributed by atoms with Gasteiger partial charge in [0.25, 0.3) is 0 Å². The number of carbonyl (C=O) groups excluding carboxylic acids is 1. The fourth-order valence-electron chi connectivity index (χ4n) is 0.909. The molecule has 2 nitrogen and oxygen atoms in total. The third-order valence-electron chi connectivity index (χ3n) is 1.61. The van der Waals surface area contributed by atoms with Gasteiger partial charge in [0, 0.05) is 12.6 Å². The molecule has 0 heterocycles. The molecule has 0 unspecified atom stereocenters. The number of rotatable bonds is 2. The first-order valence-electron chi connectivity index (χ1n) is 3.58. The van der Waals surface area contributed by atoms with Crippen LogP contribution in [0.5, 0.6) is 0 Å². The van der Waals surface area contributed by atoms with E-state index in [1.165, 1.54) is 0 Å². The average molecular weight is 181 g/mol. The molecule has 0 spiro atoms. The van der Waals surface area contributed by atoms with Gasteiger partial charge in [-0.1, -0.05) is 24.3 Å². The molecule has 0 aliphatic heterocycles. The molecule has 0 amide bonds. The molecule has 0 aromatic heterocycles. The molecule has 1 radical (unpaired) electrons. The zero-order valence-electron chi connectivity index (χ0n) is 6.74. The number of carbonyl (C=O) groups is 1. The Balaban J connectivity index is 2.63. The van der Waals surface area contributed by atoms with Crippen LogP contribution >= 0.6 is 12.6 Å². The second-order valence-corrected chi connectivity index (χ2v) is 2.80. The molecule has 3 heteroatoms. The third-order valence-corrected chi connectivity index (χ3v) is 1.72. The molecule has 1 aromatic rings. The Morgan fingerprint density at radius 3 is 2.75 bits per heavy atom. The van der Waals surface area contributed by atoms with Crippen LogP contribution in [-0.2, 0) is 11.3 Å². The summed E-state index contributed by atoms with van der Waals surface area (Å²) in [4.78, 5) is 10.3. The monoisotopic (exact) mass is 181 g/mol. The smallest absolute Gasteiger partial charge is 0.400 e.